The van der Waals surface area contributed by atoms with Crippen LogP contribution < -0.4 is 5.32 Å². The summed E-state index contributed by atoms with van der Waals surface area (Å²) in [5.74, 6) is 0.472. The highest BCUT2D eigenvalue weighted by molar-refractivity contribution is 5.70. The summed E-state index contributed by atoms with van der Waals surface area (Å²) in [6.07, 6.45) is 2.70. The lowest BCUT2D eigenvalue weighted by atomic mass is 9.93. The van der Waals surface area contributed by atoms with Crippen molar-refractivity contribution < 1.29 is 14.6 Å². The fourth-order valence-electron chi connectivity index (χ4n) is 3.04. The minimum atomic E-state index is -0.286. The predicted octanol–water partition coefficient (Wildman–Crippen LogP) is 1.93. The van der Waals surface area contributed by atoms with E-state index in [1.165, 1.54) is 5.56 Å². The number of carbonyl (C=O) groups is 1. The van der Waals surface area contributed by atoms with Crippen LogP contribution in [0, 0.1) is 0 Å². The van der Waals surface area contributed by atoms with Crippen molar-refractivity contribution in [3.05, 3.63) is 35.4 Å². The molecule has 0 aromatic heterocycles. The third kappa shape index (κ3) is 1.97. The van der Waals surface area contributed by atoms with Gasteiger partial charge in [0.25, 0.3) is 0 Å². The number of hydrogen-bond donors (Lipinski definition) is 2. The Labute approximate surface area is 106 Å². The van der Waals surface area contributed by atoms with E-state index in [9.17, 15) is 4.79 Å². The van der Waals surface area contributed by atoms with Gasteiger partial charge in [0.2, 0.25) is 0 Å². The Balaban J connectivity index is 1.73. The number of hydrogen-bond acceptors (Lipinski definition) is 3. The molecule has 1 aromatic carbocycles. The molecule has 3 rings (SSSR count). The first-order valence-corrected chi connectivity index (χ1v) is 6.35. The Morgan fingerprint density at radius 3 is 2.78 bits per heavy atom. The van der Waals surface area contributed by atoms with Crippen molar-refractivity contribution in [1.29, 1.82) is 0 Å². The fraction of sp³-hybridized carbons (Fsp3) is 0.500. The molecule has 0 bridgehead atoms. The maximum Gasteiger partial charge on any atom is 0.407 e. The van der Waals surface area contributed by atoms with E-state index < -0.39 is 0 Å². The summed E-state index contributed by atoms with van der Waals surface area (Å²) < 4.78 is 5.03. The number of nitrogens with one attached hydrogen (secondary N) is 1. The van der Waals surface area contributed by atoms with Gasteiger partial charge in [0.05, 0.1) is 12.1 Å². The smallest absolute Gasteiger partial charge is 0.407 e. The monoisotopic (exact) mass is 247 g/mol. The van der Waals surface area contributed by atoms with Crippen LogP contribution in [-0.4, -0.2) is 23.3 Å². The van der Waals surface area contributed by atoms with E-state index in [0.29, 0.717) is 12.5 Å². The number of amides is 1. The maximum absolute atomic E-state index is 11.2. The van der Waals surface area contributed by atoms with Crippen LogP contribution in [0.4, 0.5) is 4.79 Å². The average Bonchev–Trinajstić information content (AvgIpc) is 2.97. The molecule has 4 heteroatoms. The van der Waals surface area contributed by atoms with Gasteiger partial charge in [-0.2, -0.15) is 0 Å². The minimum absolute atomic E-state index is 0.0821. The zero-order valence-corrected chi connectivity index (χ0v) is 10.2. The molecule has 1 aromatic rings. The highest BCUT2D eigenvalue weighted by Gasteiger charge is 2.45. The topological polar surface area (TPSA) is 58.6 Å². The van der Waals surface area contributed by atoms with E-state index in [4.69, 9.17) is 9.84 Å². The van der Waals surface area contributed by atoms with E-state index in [-0.39, 0.29) is 18.2 Å². The van der Waals surface area contributed by atoms with Gasteiger partial charge in [-0.3, -0.25) is 0 Å². The summed E-state index contributed by atoms with van der Waals surface area (Å²) in [4.78, 5) is 11.2. The summed E-state index contributed by atoms with van der Waals surface area (Å²) in [6, 6.07) is 8.08. The number of carbonyl (C=O) groups excluding carboxylic acids is 1. The molecule has 1 spiro atoms. The third-order valence-corrected chi connectivity index (χ3v) is 4.09. The zero-order chi connectivity index (χ0) is 12.6. The predicted molar refractivity (Wildman–Crippen MR) is 66.2 cm³/mol. The van der Waals surface area contributed by atoms with Crippen molar-refractivity contribution >= 4 is 6.09 Å². The zero-order valence-electron chi connectivity index (χ0n) is 10.2. The molecule has 96 valence electrons. The number of benzene rings is 1. The molecule has 2 aliphatic rings. The largest absolute Gasteiger partial charge is 0.447 e. The van der Waals surface area contributed by atoms with Crippen molar-refractivity contribution in [1.82, 2.24) is 5.32 Å². The van der Waals surface area contributed by atoms with Gasteiger partial charge in [-0.25, -0.2) is 4.79 Å². The lowest BCUT2D eigenvalue weighted by molar-refractivity contribution is 0.172. The van der Waals surface area contributed by atoms with Crippen LogP contribution in [-0.2, 0) is 11.3 Å². The Hall–Kier alpha value is -1.55. The number of cyclic esters (lactones) is 1. The van der Waals surface area contributed by atoms with Crippen LogP contribution in [0.3, 0.4) is 0 Å². The van der Waals surface area contributed by atoms with Crippen LogP contribution in [0.1, 0.15) is 36.3 Å². The molecule has 1 saturated heterocycles. The Morgan fingerprint density at radius 1 is 1.39 bits per heavy atom. The van der Waals surface area contributed by atoms with Gasteiger partial charge >= 0.3 is 6.09 Å². The summed E-state index contributed by atoms with van der Waals surface area (Å²) in [5.41, 5.74) is 2.08. The van der Waals surface area contributed by atoms with Crippen molar-refractivity contribution in [2.24, 2.45) is 0 Å². The summed E-state index contributed by atoms with van der Waals surface area (Å²) in [5, 5.41) is 12.0. The van der Waals surface area contributed by atoms with E-state index in [1.807, 2.05) is 12.1 Å². The number of alkyl carbamates (subject to hydrolysis) is 1. The lowest BCUT2D eigenvalue weighted by Crippen LogP contribution is -2.40. The molecule has 2 N–H and O–H groups in total. The SMILES string of the molecule is O=C1N[C@@]2(CC[C@H](c3ccc(CO)cc3)C2)CO1. The first-order chi connectivity index (χ1) is 8.71. The fourth-order valence-corrected chi connectivity index (χ4v) is 3.04. The molecule has 4 nitrogen and oxygen atoms in total. The summed E-state index contributed by atoms with van der Waals surface area (Å²) in [7, 11) is 0. The van der Waals surface area contributed by atoms with Crippen molar-refractivity contribution in [2.45, 2.75) is 37.3 Å². The molecular weight excluding hydrogens is 230 g/mol. The van der Waals surface area contributed by atoms with Gasteiger partial charge in [-0.05, 0) is 36.3 Å². The molecule has 1 amide bonds. The van der Waals surface area contributed by atoms with Crippen LogP contribution in [0.5, 0.6) is 0 Å². The minimum Gasteiger partial charge on any atom is -0.447 e. The van der Waals surface area contributed by atoms with Crippen LogP contribution in [0.2, 0.25) is 0 Å². The molecule has 0 radical (unpaired) electrons. The molecule has 1 aliphatic carbocycles. The van der Waals surface area contributed by atoms with E-state index >= 15 is 0 Å². The summed E-state index contributed by atoms with van der Waals surface area (Å²) in [6.45, 7) is 0.579. The van der Waals surface area contributed by atoms with Crippen molar-refractivity contribution in [2.75, 3.05) is 6.61 Å². The molecule has 1 heterocycles. The van der Waals surface area contributed by atoms with Crippen molar-refractivity contribution in [3.63, 3.8) is 0 Å². The van der Waals surface area contributed by atoms with Crippen LogP contribution in [0.25, 0.3) is 0 Å². The van der Waals surface area contributed by atoms with E-state index in [2.05, 4.69) is 17.4 Å². The van der Waals surface area contributed by atoms with Gasteiger partial charge in [0.15, 0.2) is 0 Å². The van der Waals surface area contributed by atoms with Crippen LogP contribution in [0.15, 0.2) is 24.3 Å². The molecule has 1 aliphatic heterocycles. The third-order valence-electron chi connectivity index (χ3n) is 4.09. The second-order valence-electron chi connectivity index (χ2n) is 5.32. The number of aliphatic hydroxyl groups is 1. The van der Waals surface area contributed by atoms with Gasteiger partial charge in [0.1, 0.15) is 6.61 Å². The van der Waals surface area contributed by atoms with Crippen molar-refractivity contribution in [3.8, 4) is 0 Å². The molecule has 1 saturated carbocycles. The molecule has 18 heavy (non-hydrogen) atoms. The van der Waals surface area contributed by atoms with Gasteiger partial charge in [-0.1, -0.05) is 24.3 Å². The Bertz CT molecular complexity index is 457. The standard InChI is InChI=1S/C14H17NO3/c16-8-10-1-3-11(4-2-10)12-5-6-14(7-12)9-18-13(17)15-14/h1-4,12,16H,5-9H2,(H,15,17)/t12-,14+/m0/s1. The van der Waals surface area contributed by atoms with Crippen LogP contribution >= 0.6 is 0 Å². The Morgan fingerprint density at radius 2 is 2.17 bits per heavy atom. The second-order valence-corrected chi connectivity index (χ2v) is 5.32. The van der Waals surface area contributed by atoms with E-state index in [0.717, 1.165) is 24.8 Å². The first kappa shape index (κ1) is 11.5. The first-order valence-electron chi connectivity index (χ1n) is 6.35. The van der Waals surface area contributed by atoms with Gasteiger partial charge < -0.3 is 15.2 Å². The number of rotatable bonds is 2. The maximum atomic E-state index is 11.2. The van der Waals surface area contributed by atoms with Gasteiger partial charge in [0, 0.05) is 0 Å². The highest BCUT2D eigenvalue weighted by Crippen LogP contribution is 2.42. The van der Waals surface area contributed by atoms with Gasteiger partial charge in [-0.15, -0.1) is 0 Å². The average molecular weight is 247 g/mol. The lowest BCUT2D eigenvalue weighted by Gasteiger charge is -2.20. The number of aliphatic hydroxyl groups excluding tert-OH is 1. The highest BCUT2D eigenvalue weighted by atomic mass is 16.6. The second kappa shape index (κ2) is 4.28. The normalized spacial score (nSPS) is 30.5. The molecular formula is C14H17NO3. The summed E-state index contributed by atoms with van der Waals surface area (Å²) >= 11 is 0. The van der Waals surface area contributed by atoms with E-state index in [1.54, 1.807) is 0 Å². The molecule has 2 atom stereocenters. The quantitative estimate of drug-likeness (QED) is 0.839. The molecule has 2 fully saturated rings. The molecule has 0 unspecified atom stereocenters. The number of ether oxygens (including phenoxy) is 1. The Kier molecular flexibility index (Phi) is 2.74.